The maximum atomic E-state index is 11.5. The van der Waals surface area contributed by atoms with Crippen LogP contribution < -0.4 is 10.6 Å². The molecule has 0 saturated carbocycles. The van der Waals surface area contributed by atoms with Gasteiger partial charge in [0.15, 0.2) is 0 Å². The molecule has 5 nitrogen and oxygen atoms in total. The van der Waals surface area contributed by atoms with E-state index in [1.54, 1.807) is 14.0 Å². The molecule has 0 unspecified atom stereocenters. The fourth-order valence-electron chi connectivity index (χ4n) is 1.26. The Morgan fingerprint density at radius 3 is 2.00 bits per heavy atom. The Hall–Kier alpha value is -0.650. The van der Waals surface area contributed by atoms with Gasteiger partial charge in [-0.05, 0) is 13.8 Å². The first kappa shape index (κ1) is 15.3. The summed E-state index contributed by atoms with van der Waals surface area (Å²) in [5.41, 5.74) is -1.04. The Balaban J connectivity index is 4.11. The van der Waals surface area contributed by atoms with Gasteiger partial charge in [-0.25, -0.2) is 0 Å². The van der Waals surface area contributed by atoms with E-state index in [0.29, 0.717) is 13.1 Å². The van der Waals surface area contributed by atoms with E-state index in [2.05, 4.69) is 10.6 Å². The van der Waals surface area contributed by atoms with Gasteiger partial charge in [-0.1, -0.05) is 6.92 Å². The quantitative estimate of drug-likeness (QED) is 0.470. The van der Waals surface area contributed by atoms with E-state index >= 15 is 0 Å². The van der Waals surface area contributed by atoms with E-state index in [9.17, 15) is 4.79 Å². The van der Waals surface area contributed by atoms with Crippen molar-refractivity contribution in [2.24, 2.45) is 10.8 Å². The number of rotatable bonds is 7. The van der Waals surface area contributed by atoms with E-state index < -0.39 is 10.8 Å². The zero-order valence-corrected chi connectivity index (χ0v) is 10.6. The average molecular weight is 232 g/mol. The molecule has 0 heterocycles. The molecule has 0 spiro atoms. The topological polar surface area (TPSA) is 81.6 Å². The van der Waals surface area contributed by atoms with Crippen molar-refractivity contribution in [3.05, 3.63) is 0 Å². The predicted molar refractivity (Wildman–Crippen MR) is 63.0 cm³/mol. The van der Waals surface area contributed by atoms with Gasteiger partial charge in [0.25, 0.3) is 0 Å². The summed E-state index contributed by atoms with van der Waals surface area (Å²) in [5, 5.41) is 23.9. The maximum Gasteiger partial charge on any atom is 0.226 e. The summed E-state index contributed by atoms with van der Waals surface area (Å²) < 4.78 is 0. The molecule has 0 aromatic rings. The van der Waals surface area contributed by atoms with Crippen molar-refractivity contribution in [2.45, 2.75) is 20.8 Å². The van der Waals surface area contributed by atoms with Crippen LogP contribution in [0.2, 0.25) is 0 Å². The second-order valence-electron chi connectivity index (χ2n) is 5.19. The monoisotopic (exact) mass is 232 g/mol. The van der Waals surface area contributed by atoms with Crippen LogP contribution in [0.15, 0.2) is 0 Å². The van der Waals surface area contributed by atoms with Gasteiger partial charge in [-0.2, -0.15) is 0 Å². The highest BCUT2D eigenvalue weighted by Gasteiger charge is 2.28. The molecule has 0 aromatic heterocycles. The smallest absolute Gasteiger partial charge is 0.226 e. The Bertz CT molecular complexity index is 225. The molecule has 16 heavy (non-hydrogen) atoms. The van der Waals surface area contributed by atoms with Crippen LogP contribution in [-0.2, 0) is 4.79 Å². The Labute approximate surface area is 97.2 Å². The minimum Gasteiger partial charge on any atom is -0.396 e. The molecule has 0 atom stereocenters. The molecule has 5 heteroatoms. The van der Waals surface area contributed by atoms with Crippen molar-refractivity contribution >= 4 is 5.91 Å². The summed E-state index contributed by atoms with van der Waals surface area (Å²) in [5.74, 6) is -0.0327. The van der Waals surface area contributed by atoms with Crippen molar-refractivity contribution in [3.8, 4) is 0 Å². The summed E-state index contributed by atoms with van der Waals surface area (Å²) >= 11 is 0. The molecular weight excluding hydrogens is 208 g/mol. The van der Waals surface area contributed by atoms with Gasteiger partial charge in [-0.15, -0.1) is 0 Å². The lowest BCUT2D eigenvalue weighted by Gasteiger charge is -2.28. The van der Waals surface area contributed by atoms with Gasteiger partial charge >= 0.3 is 0 Å². The van der Waals surface area contributed by atoms with E-state index in [4.69, 9.17) is 10.2 Å². The van der Waals surface area contributed by atoms with Crippen LogP contribution in [0.25, 0.3) is 0 Å². The van der Waals surface area contributed by atoms with Crippen LogP contribution in [0.1, 0.15) is 20.8 Å². The van der Waals surface area contributed by atoms with Crippen molar-refractivity contribution in [1.82, 2.24) is 10.6 Å². The SMILES string of the molecule is CNC(=O)C(C)(C)CNCC(C)(CO)CO. The molecule has 0 saturated heterocycles. The first-order chi connectivity index (χ1) is 7.31. The lowest BCUT2D eigenvalue weighted by molar-refractivity contribution is -0.128. The van der Waals surface area contributed by atoms with E-state index in [0.717, 1.165) is 0 Å². The molecule has 0 bridgehead atoms. The highest BCUT2D eigenvalue weighted by molar-refractivity contribution is 5.81. The molecule has 0 radical (unpaired) electrons. The third-order valence-electron chi connectivity index (χ3n) is 2.72. The van der Waals surface area contributed by atoms with Crippen molar-refractivity contribution in [1.29, 1.82) is 0 Å². The third kappa shape index (κ3) is 4.47. The minimum atomic E-state index is -0.543. The highest BCUT2D eigenvalue weighted by atomic mass is 16.3. The number of hydrogen-bond donors (Lipinski definition) is 4. The number of carbonyl (C=O) groups is 1. The number of aliphatic hydroxyl groups is 2. The van der Waals surface area contributed by atoms with E-state index in [1.165, 1.54) is 0 Å². The van der Waals surface area contributed by atoms with Crippen LogP contribution in [0.4, 0.5) is 0 Å². The van der Waals surface area contributed by atoms with E-state index in [-0.39, 0.29) is 19.1 Å². The third-order valence-corrected chi connectivity index (χ3v) is 2.72. The highest BCUT2D eigenvalue weighted by Crippen LogP contribution is 2.16. The Morgan fingerprint density at radius 1 is 1.12 bits per heavy atom. The fourth-order valence-corrected chi connectivity index (χ4v) is 1.26. The van der Waals surface area contributed by atoms with Crippen LogP contribution >= 0.6 is 0 Å². The predicted octanol–water partition coefficient (Wildman–Crippen LogP) is -0.661. The molecule has 0 rings (SSSR count). The molecule has 0 aliphatic heterocycles. The normalized spacial score (nSPS) is 12.6. The largest absolute Gasteiger partial charge is 0.396 e. The molecule has 1 amide bonds. The number of amides is 1. The molecule has 4 N–H and O–H groups in total. The van der Waals surface area contributed by atoms with Crippen LogP contribution in [0.3, 0.4) is 0 Å². The zero-order valence-electron chi connectivity index (χ0n) is 10.6. The number of carbonyl (C=O) groups excluding carboxylic acids is 1. The van der Waals surface area contributed by atoms with E-state index in [1.807, 2.05) is 13.8 Å². The minimum absolute atomic E-state index is 0.0327. The second-order valence-corrected chi connectivity index (χ2v) is 5.19. The van der Waals surface area contributed by atoms with Gasteiger partial charge in [0.1, 0.15) is 0 Å². The van der Waals surface area contributed by atoms with Crippen molar-refractivity contribution in [2.75, 3.05) is 33.4 Å². The zero-order chi connectivity index (χ0) is 12.8. The van der Waals surface area contributed by atoms with Crippen LogP contribution in [0, 0.1) is 10.8 Å². The van der Waals surface area contributed by atoms with Gasteiger partial charge in [0.2, 0.25) is 5.91 Å². The maximum absolute atomic E-state index is 11.5. The molecule has 0 aliphatic rings. The number of aliphatic hydroxyl groups excluding tert-OH is 2. The Morgan fingerprint density at radius 2 is 1.62 bits per heavy atom. The number of hydrogen-bond acceptors (Lipinski definition) is 4. The van der Waals surface area contributed by atoms with Crippen LogP contribution in [-0.4, -0.2) is 49.5 Å². The molecule has 0 aromatic carbocycles. The van der Waals surface area contributed by atoms with Gasteiger partial charge < -0.3 is 20.8 Å². The lowest BCUT2D eigenvalue weighted by atomic mass is 9.90. The number of nitrogens with one attached hydrogen (secondary N) is 2. The van der Waals surface area contributed by atoms with Gasteiger partial charge in [-0.3, -0.25) is 4.79 Å². The summed E-state index contributed by atoms with van der Waals surface area (Å²) in [6.45, 7) is 6.27. The van der Waals surface area contributed by atoms with Crippen molar-refractivity contribution in [3.63, 3.8) is 0 Å². The first-order valence-corrected chi connectivity index (χ1v) is 5.46. The lowest BCUT2D eigenvalue weighted by Crippen LogP contribution is -2.46. The van der Waals surface area contributed by atoms with Crippen LogP contribution in [0.5, 0.6) is 0 Å². The standard InChI is InChI=1S/C11H24N2O3/c1-10(2,9(16)12-4)5-13-6-11(3,7-14)8-15/h13-15H,5-8H2,1-4H3,(H,12,16). The second kappa shape index (κ2) is 6.18. The fraction of sp³-hybridized carbons (Fsp3) is 0.909. The summed E-state index contributed by atoms with van der Waals surface area (Å²) in [4.78, 5) is 11.5. The average Bonchev–Trinajstić information content (AvgIpc) is 2.27. The molecular formula is C11H24N2O3. The van der Waals surface area contributed by atoms with Crippen molar-refractivity contribution < 1.29 is 15.0 Å². The van der Waals surface area contributed by atoms with Gasteiger partial charge in [0.05, 0.1) is 18.6 Å². The molecule has 96 valence electrons. The summed E-state index contributed by atoms with van der Waals surface area (Å²) in [6, 6.07) is 0. The molecule has 0 aliphatic carbocycles. The Kier molecular flexibility index (Phi) is 5.92. The summed E-state index contributed by atoms with van der Waals surface area (Å²) in [7, 11) is 1.61. The first-order valence-electron chi connectivity index (χ1n) is 5.46. The van der Waals surface area contributed by atoms with Gasteiger partial charge in [0, 0.05) is 25.6 Å². The molecule has 0 fully saturated rings. The summed E-state index contributed by atoms with van der Waals surface area (Å²) in [6.07, 6.45) is 0.